The molecule has 1 aliphatic rings. The molecule has 0 radical (unpaired) electrons. The van der Waals surface area contributed by atoms with Gasteiger partial charge in [-0.15, -0.1) is 0 Å². The van der Waals surface area contributed by atoms with E-state index in [1.807, 2.05) is 71.6 Å². The summed E-state index contributed by atoms with van der Waals surface area (Å²) in [6, 6.07) is 21.4. The van der Waals surface area contributed by atoms with E-state index in [0.717, 1.165) is 46.0 Å². The van der Waals surface area contributed by atoms with Gasteiger partial charge in [-0.1, -0.05) is 41.9 Å². The molecule has 1 amide bonds. The smallest absolute Gasteiger partial charge is 0.254 e. The zero-order chi connectivity index (χ0) is 21.2. The molecule has 6 heteroatoms. The number of fused-ring (bicyclic) bond motifs is 1. The van der Waals surface area contributed by atoms with Crippen molar-refractivity contribution < 1.29 is 4.79 Å². The van der Waals surface area contributed by atoms with Crippen molar-refractivity contribution in [2.75, 3.05) is 31.1 Å². The fourth-order valence-electron chi connectivity index (χ4n) is 4.04. The summed E-state index contributed by atoms with van der Waals surface area (Å²) in [5.74, 6) is 0.0301. The van der Waals surface area contributed by atoms with Crippen LogP contribution in [0.2, 0.25) is 5.02 Å². The van der Waals surface area contributed by atoms with Crippen molar-refractivity contribution in [3.05, 3.63) is 89.7 Å². The van der Waals surface area contributed by atoms with Gasteiger partial charge in [-0.3, -0.25) is 9.78 Å². The van der Waals surface area contributed by atoms with Gasteiger partial charge in [0, 0.05) is 49.5 Å². The molecular formula is C25H21ClN4O. The fourth-order valence-corrected chi connectivity index (χ4v) is 4.30. The maximum atomic E-state index is 13.5. The van der Waals surface area contributed by atoms with Crippen LogP contribution in [0.1, 0.15) is 10.4 Å². The fraction of sp³-hybridized carbons (Fsp3) is 0.160. The van der Waals surface area contributed by atoms with Gasteiger partial charge in [-0.25, -0.2) is 4.98 Å². The van der Waals surface area contributed by atoms with Crippen LogP contribution in [-0.4, -0.2) is 47.0 Å². The maximum absolute atomic E-state index is 13.5. The van der Waals surface area contributed by atoms with Gasteiger partial charge in [-0.2, -0.15) is 0 Å². The van der Waals surface area contributed by atoms with Gasteiger partial charge in [-0.05, 0) is 36.4 Å². The number of piperazine rings is 1. The SMILES string of the molecule is O=C(c1cc(-c2cccnc2)nc2ccccc12)N1CCN(c2ccccc2Cl)CC1. The van der Waals surface area contributed by atoms with Crippen molar-refractivity contribution in [2.45, 2.75) is 0 Å². The van der Waals surface area contributed by atoms with Crippen LogP contribution in [0.4, 0.5) is 5.69 Å². The van der Waals surface area contributed by atoms with Gasteiger partial charge in [0.15, 0.2) is 0 Å². The highest BCUT2D eigenvalue weighted by Crippen LogP contribution is 2.28. The second kappa shape index (κ2) is 8.36. The minimum absolute atomic E-state index is 0.0301. The number of anilines is 1. The molecule has 3 heterocycles. The van der Waals surface area contributed by atoms with E-state index in [0.29, 0.717) is 18.7 Å². The van der Waals surface area contributed by atoms with Gasteiger partial charge in [0.25, 0.3) is 5.91 Å². The minimum Gasteiger partial charge on any atom is -0.367 e. The van der Waals surface area contributed by atoms with Crippen molar-refractivity contribution in [2.24, 2.45) is 0 Å². The standard InChI is InChI=1S/C25H21ClN4O/c26-21-8-2-4-10-24(21)29-12-14-30(15-13-29)25(31)20-16-23(18-6-5-11-27-17-18)28-22-9-3-1-7-19(20)22/h1-11,16-17H,12-15H2. The number of nitrogens with zero attached hydrogens (tertiary/aromatic N) is 4. The van der Waals surface area contributed by atoms with Crippen molar-refractivity contribution in [3.8, 4) is 11.3 Å². The largest absolute Gasteiger partial charge is 0.367 e. The molecule has 4 aromatic rings. The summed E-state index contributed by atoms with van der Waals surface area (Å²) in [7, 11) is 0. The third kappa shape index (κ3) is 3.84. The van der Waals surface area contributed by atoms with E-state index in [2.05, 4.69) is 9.88 Å². The number of rotatable bonds is 3. The Morgan fingerprint density at radius 3 is 2.45 bits per heavy atom. The Balaban J connectivity index is 1.44. The third-order valence-electron chi connectivity index (χ3n) is 5.66. The van der Waals surface area contributed by atoms with E-state index < -0.39 is 0 Å². The topological polar surface area (TPSA) is 49.3 Å². The number of aromatic nitrogens is 2. The van der Waals surface area contributed by atoms with E-state index in [4.69, 9.17) is 16.6 Å². The minimum atomic E-state index is 0.0301. The van der Waals surface area contributed by atoms with Crippen LogP contribution in [-0.2, 0) is 0 Å². The summed E-state index contributed by atoms with van der Waals surface area (Å²) in [5.41, 5.74) is 4.15. The molecule has 1 saturated heterocycles. The van der Waals surface area contributed by atoms with Crippen LogP contribution >= 0.6 is 11.6 Å². The molecule has 1 fully saturated rings. The molecule has 5 nitrogen and oxygen atoms in total. The summed E-state index contributed by atoms with van der Waals surface area (Å²) < 4.78 is 0. The summed E-state index contributed by atoms with van der Waals surface area (Å²) >= 11 is 6.36. The summed E-state index contributed by atoms with van der Waals surface area (Å²) in [6.07, 6.45) is 3.50. The highest BCUT2D eigenvalue weighted by molar-refractivity contribution is 6.33. The highest BCUT2D eigenvalue weighted by Gasteiger charge is 2.25. The number of amides is 1. The molecule has 1 aliphatic heterocycles. The summed E-state index contributed by atoms with van der Waals surface area (Å²) in [6.45, 7) is 2.77. The van der Waals surface area contributed by atoms with Crippen molar-refractivity contribution in [1.82, 2.24) is 14.9 Å². The predicted molar refractivity (Wildman–Crippen MR) is 125 cm³/mol. The third-order valence-corrected chi connectivity index (χ3v) is 5.98. The lowest BCUT2D eigenvalue weighted by Crippen LogP contribution is -2.49. The van der Waals surface area contributed by atoms with Crippen LogP contribution in [0.15, 0.2) is 79.1 Å². The van der Waals surface area contributed by atoms with Crippen LogP contribution in [0.3, 0.4) is 0 Å². The molecule has 0 N–H and O–H groups in total. The summed E-state index contributed by atoms with van der Waals surface area (Å²) in [4.78, 5) is 26.7. The Labute approximate surface area is 185 Å². The molecule has 2 aromatic carbocycles. The van der Waals surface area contributed by atoms with Gasteiger partial charge >= 0.3 is 0 Å². The second-order valence-electron chi connectivity index (χ2n) is 7.54. The predicted octanol–water partition coefficient (Wildman–Crippen LogP) is 4.91. The lowest BCUT2D eigenvalue weighted by molar-refractivity contribution is 0.0749. The average molecular weight is 429 g/mol. The average Bonchev–Trinajstić information content (AvgIpc) is 2.84. The van der Waals surface area contributed by atoms with Gasteiger partial charge < -0.3 is 9.80 Å². The summed E-state index contributed by atoms with van der Waals surface area (Å²) in [5, 5.41) is 1.61. The van der Waals surface area contributed by atoms with Gasteiger partial charge in [0.2, 0.25) is 0 Å². The first kappa shape index (κ1) is 19.5. The molecule has 5 rings (SSSR count). The first-order valence-electron chi connectivity index (χ1n) is 10.3. The van der Waals surface area contributed by atoms with E-state index in [1.165, 1.54) is 0 Å². The van der Waals surface area contributed by atoms with E-state index >= 15 is 0 Å². The number of hydrogen-bond acceptors (Lipinski definition) is 4. The molecule has 0 saturated carbocycles. The number of para-hydroxylation sites is 2. The number of carbonyl (C=O) groups is 1. The number of benzene rings is 2. The Hall–Kier alpha value is -3.44. The normalized spacial score (nSPS) is 14.1. The second-order valence-corrected chi connectivity index (χ2v) is 7.95. The molecule has 0 unspecified atom stereocenters. The number of carbonyl (C=O) groups excluding carboxylic acids is 1. The van der Waals surface area contributed by atoms with Crippen molar-refractivity contribution >= 4 is 34.1 Å². The Bertz CT molecular complexity index is 1240. The number of halogens is 1. The molecule has 0 bridgehead atoms. The highest BCUT2D eigenvalue weighted by atomic mass is 35.5. The van der Waals surface area contributed by atoms with E-state index in [1.54, 1.807) is 12.4 Å². The van der Waals surface area contributed by atoms with Gasteiger partial charge in [0.05, 0.1) is 27.5 Å². The van der Waals surface area contributed by atoms with Crippen molar-refractivity contribution in [3.63, 3.8) is 0 Å². The zero-order valence-corrected chi connectivity index (χ0v) is 17.7. The lowest BCUT2D eigenvalue weighted by atomic mass is 10.0. The number of hydrogen-bond donors (Lipinski definition) is 0. The Kier molecular flexibility index (Phi) is 5.26. The number of pyridine rings is 2. The molecule has 0 aliphatic carbocycles. The molecule has 0 spiro atoms. The molecule has 31 heavy (non-hydrogen) atoms. The zero-order valence-electron chi connectivity index (χ0n) is 16.9. The molecule has 154 valence electrons. The molecule has 0 atom stereocenters. The lowest BCUT2D eigenvalue weighted by Gasteiger charge is -2.36. The first-order valence-corrected chi connectivity index (χ1v) is 10.7. The quantitative estimate of drug-likeness (QED) is 0.465. The van der Waals surface area contributed by atoms with Crippen molar-refractivity contribution in [1.29, 1.82) is 0 Å². The van der Waals surface area contributed by atoms with E-state index in [-0.39, 0.29) is 5.91 Å². The van der Waals surface area contributed by atoms with Gasteiger partial charge in [0.1, 0.15) is 0 Å². The van der Waals surface area contributed by atoms with E-state index in [9.17, 15) is 4.79 Å². The maximum Gasteiger partial charge on any atom is 0.254 e. The Morgan fingerprint density at radius 1 is 0.903 bits per heavy atom. The first-order chi connectivity index (χ1) is 15.2. The van der Waals surface area contributed by atoms with Crippen LogP contribution in [0.25, 0.3) is 22.2 Å². The Morgan fingerprint density at radius 2 is 1.68 bits per heavy atom. The van der Waals surface area contributed by atoms with Crippen LogP contribution in [0, 0.1) is 0 Å². The van der Waals surface area contributed by atoms with Crippen LogP contribution in [0.5, 0.6) is 0 Å². The van der Waals surface area contributed by atoms with Crippen LogP contribution < -0.4 is 4.90 Å². The molecular weight excluding hydrogens is 408 g/mol. The molecule has 2 aromatic heterocycles. The monoisotopic (exact) mass is 428 g/mol.